The monoisotopic (exact) mass is 284 g/mol. The van der Waals surface area contributed by atoms with E-state index in [2.05, 4.69) is 10.2 Å². The quantitative estimate of drug-likeness (QED) is 0.820. The molecule has 0 bridgehead atoms. The smallest absolute Gasteiger partial charge is 0.248 e. The van der Waals surface area contributed by atoms with Crippen LogP contribution in [0.5, 0.6) is 0 Å². The summed E-state index contributed by atoms with van der Waals surface area (Å²) < 4.78 is 28.9. The Morgan fingerprint density at radius 2 is 2.00 bits per heavy atom. The molecule has 0 saturated heterocycles. The molecule has 0 radical (unpaired) electrons. The first-order valence-corrected chi connectivity index (χ1v) is 6.97. The Hall–Kier alpha value is -1.87. The van der Waals surface area contributed by atoms with Crippen LogP contribution in [0.25, 0.3) is 0 Å². The number of aryl methyl sites for hydroxylation is 2. The van der Waals surface area contributed by atoms with Crippen LogP contribution in [0.15, 0.2) is 23.5 Å². The zero-order chi connectivity index (χ0) is 14.2. The van der Waals surface area contributed by atoms with E-state index in [1.165, 1.54) is 22.2 Å². The van der Waals surface area contributed by atoms with Crippen LogP contribution in [0, 0.1) is 0 Å². The van der Waals surface area contributed by atoms with Gasteiger partial charge in [-0.3, -0.25) is 9.36 Å². The van der Waals surface area contributed by atoms with Gasteiger partial charge in [-0.2, -0.15) is 14.5 Å². The van der Waals surface area contributed by atoms with Crippen LogP contribution in [0.1, 0.15) is 5.56 Å². The van der Waals surface area contributed by atoms with Crippen LogP contribution in [0.2, 0.25) is 0 Å². The van der Waals surface area contributed by atoms with Gasteiger partial charge in [-0.15, -0.1) is 0 Å². The van der Waals surface area contributed by atoms with Gasteiger partial charge in [-0.1, -0.05) is 0 Å². The van der Waals surface area contributed by atoms with Gasteiger partial charge in [0.15, 0.2) is 5.82 Å². The minimum atomic E-state index is -3.65. The van der Waals surface area contributed by atoms with Gasteiger partial charge in [-0.05, 0) is 0 Å². The summed E-state index contributed by atoms with van der Waals surface area (Å²) in [4.78, 5) is 0.0152. The van der Waals surface area contributed by atoms with Gasteiger partial charge < -0.3 is 5.73 Å². The lowest BCUT2D eigenvalue weighted by atomic mass is 10.4. The maximum Gasteiger partial charge on any atom is 0.248 e. The number of nitrogen functional groups attached to an aromatic ring is 1. The summed E-state index contributed by atoms with van der Waals surface area (Å²) in [6.45, 7) is 0.227. The standard InChI is InChI=1S/C10H16N6O2S/c1-14-5-8(4-12-14)6-16(3)19(17,18)9-7-15(2)13-10(9)11/h4-5,7H,6H2,1-3H3,(H2,11,13). The number of rotatable bonds is 4. The van der Waals surface area contributed by atoms with Gasteiger partial charge in [0.2, 0.25) is 10.0 Å². The van der Waals surface area contributed by atoms with Gasteiger partial charge >= 0.3 is 0 Å². The van der Waals surface area contributed by atoms with Gasteiger partial charge in [-0.25, -0.2) is 8.42 Å². The summed E-state index contributed by atoms with van der Waals surface area (Å²) in [5, 5.41) is 7.84. The Labute approximate surface area is 111 Å². The number of anilines is 1. The molecule has 2 rings (SSSR count). The highest BCUT2D eigenvalue weighted by molar-refractivity contribution is 7.89. The molecule has 2 N–H and O–H groups in total. The second-order valence-corrected chi connectivity index (χ2v) is 6.35. The van der Waals surface area contributed by atoms with Crippen LogP contribution in [-0.4, -0.2) is 39.3 Å². The second-order valence-electron chi connectivity index (χ2n) is 4.34. The third-order valence-corrected chi connectivity index (χ3v) is 4.49. The molecule has 2 heterocycles. The van der Waals surface area contributed by atoms with E-state index in [1.807, 2.05) is 0 Å². The van der Waals surface area contributed by atoms with Gasteiger partial charge in [0.1, 0.15) is 4.90 Å². The molecule has 0 atom stereocenters. The van der Waals surface area contributed by atoms with Crippen LogP contribution in [0.4, 0.5) is 5.82 Å². The number of nitrogens with two attached hydrogens (primary N) is 1. The predicted molar refractivity (Wildman–Crippen MR) is 69.5 cm³/mol. The van der Waals surface area contributed by atoms with Crippen molar-refractivity contribution in [3.05, 3.63) is 24.2 Å². The van der Waals surface area contributed by atoms with Crippen molar-refractivity contribution in [1.29, 1.82) is 0 Å². The molecule has 0 saturated carbocycles. The minimum Gasteiger partial charge on any atom is -0.381 e. The maximum absolute atomic E-state index is 12.3. The van der Waals surface area contributed by atoms with Crippen LogP contribution in [-0.2, 0) is 30.7 Å². The van der Waals surface area contributed by atoms with Crippen molar-refractivity contribution in [2.75, 3.05) is 12.8 Å². The van der Waals surface area contributed by atoms with Gasteiger partial charge in [0.05, 0.1) is 6.20 Å². The van der Waals surface area contributed by atoms with Crippen molar-refractivity contribution in [1.82, 2.24) is 23.9 Å². The third kappa shape index (κ3) is 2.61. The molecule has 0 fully saturated rings. The molecular weight excluding hydrogens is 268 g/mol. The average molecular weight is 284 g/mol. The van der Waals surface area contributed by atoms with Gasteiger partial charge in [0.25, 0.3) is 0 Å². The first-order chi connectivity index (χ1) is 8.80. The first-order valence-electron chi connectivity index (χ1n) is 5.53. The summed E-state index contributed by atoms with van der Waals surface area (Å²) in [7, 11) is 1.24. The molecule has 0 aliphatic rings. The number of nitrogens with zero attached hydrogens (tertiary/aromatic N) is 5. The Kier molecular flexibility index (Phi) is 3.33. The number of aromatic nitrogens is 4. The van der Waals surface area contributed by atoms with E-state index in [-0.39, 0.29) is 17.3 Å². The van der Waals surface area contributed by atoms with Crippen LogP contribution in [0.3, 0.4) is 0 Å². The molecule has 0 aliphatic carbocycles. The number of hydrogen-bond acceptors (Lipinski definition) is 5. The van der Waals surface area contributed by atoms with Crippen molar-refractivity contribution in [3.8, 4) is 0 Å². The van der Waals surface area contributed by atoms with E-state index in [0.29, 0.717) is 0 Å². The topological polar surface area (TPSA) is 99.0 Å². The largest absolute Gasteiger partial charge is 0.381 e. The van der Waals surface area contributed by atoms with E-state index in [0.717, 1.165) is 5.56 Å². The molecular formula is C10H16N6O2S. The molecule has 104 valence electrons. The second kappa shape index (κ2) is 4.67. The van der Waals surface area contributed by atoms with E-state index in [4.69, 9.17) is 5.73 Å². The highest BCUT2D eigenvalue weighted by atomic mass is 32.2. The van der Waals surface area contributed by atoms with Gasteiger partial charge in [0, 0.05) is 45.6 Å². The van der Waals surface area contributed by atoms with E-state index >= 15 is 0 Å². The molecule has 0 aromatic carbocycles. The molecule has 0 spiro atoms. The highest BCUT2D eigenvalue weighted by Crippen LogP contribution is 2.20. The lowest BCUT2D eigenvalue weighted by molar-refractivity contribution is 0.467. The Morgan fingerprint density at radius 3 is 2.47 bits per heavy atom. The fourth-order valence-electron chi connectivity index (χ4n) is 1.75. The average Bonchev–Trinajstić information content (AvgIpc) is 2.85. The summed E-state index contributed by atoms with van der Waals surface area (Å²) in [6.07, 6.45) is 4.78. The third-order valence-electron chi connectivity index (χ3n) is 2.67. The fourth-order valence-corrected chi connectivity index (χ4v) is 2.99. The molecule has 2 aromatic rings. The molecule has 19 heavy (non-hydrogen) atoms. The molecule has 8 nitrogen and oxygen atoms in total. The summed E-state index contributed by atoms with van der Waals surface area (Å²) in [5.74, 6) is 0.000497. The molecule has 9 heteroatoms. The van der Waals surface area contributed by atoms with Crippen molar-refractivity contribution < 1.29 is 8.42 Å². The lowest BCUT2D eigenvalue weighted by Gasteiger charge is -2.15. The van der Waals surface area contributed by atoms with Crippen molar-refractivity contribution in [3.63, 3.8) is 0 Å². The van der Waals surface area contributed by atoms with E-state index < -0.39 is 10.0 Å². The summed E-state index contributed by atoms with van der Waals surface area (Å²) >= 11 is 0. The van der Waals surface area contributed by atoms with Crippen LogP contribution < -0.4 is 5.73 Å². The van der Waals surface area contributed by atoms with Crippen molar-refractivity contribution >= 4 is 15.8 Å². The molecule has 0 aliphatic heterocycles. The summed E-state index contributed by atoms with van der Waals surface area (Å²) in [6, 6.07) is 0. The summed E-state index contributed by atoms with van der Waals surface area (Å²) in [5.41, 5.74) is 6.41. The minimum absolute atomic E-state index is 0.000497. The Morgan fingerprint density at radius 1 is 1.32 bits per heavy atom. The highest BCUT2D eigenvalue weighted by Gasteiger charge is 2.26. The van der Waals surface area contributed by atoms with Crippen molar-refractivity contribution in [2.45, 2.75) is 11.4 Å². The zero-order valence-corrected chi connectivity index (χ0v) is 11.8. The van der Waals surface area contributed by atoms with Crippen molar-refractivity contribution in [2.24, 2.45) is 14.1 Å². The fraction of sp³-hybridized carbons (Fsp3) is 0.400. The number of sulfonamides is 1. The van der Waals surface area contributed by atoms with E-state index in [9.17, 15) is 8.42 Å². The SMILES string of the molecule is CN(Cc1cnn(C)c1)S(=O)(=O)c1cn(C)nc1N. The first kappa shape index (κ1) is 13.6. The molecule has 0 unspecified atom stereocenters. The lowest BCUT2D eigenvalue weighted by Crippen LogP contribution is -2.26. The van der Waals surface area contributed by atoms with Crippen LogP contribution >= 0.6 is 0 Å². The van der Waals surface area contributed by atoms with E-state index in [1.54, 1.807) is 31.2 Å². The zero-order valence-electron chi connectivity index (χ0n) is 11.0. The maximum atomic E-state index is 12.3. The Bertz CT molecular complexity index is 687. The normalized spacial score (nSPS) is 12.2. The number of hydrogen-bond donors (Lipinski definition) is 1. The molecule has 2 aromatic heterocycles. The Balaban J connectivity index is 2.27. The predicted octanol–water partition coefficient (Wildman–Crippen LogP) is -0.443. The molecule has 0 amide bonds.